The van der Waals surface area contributed by atoms with E-state index in [0.29, 0.717) is 29.6 Å². The normalized spacial score (nSPS) is 10.4. The number of carbonyl (C=O) groups is 1. The summed E-state index contributed by atoms with van der Waals surface area (Å²) in [4.78, 5) is 20.9. The lowest BCUT2D eigenvalue weighted by atomic mass is 10.3. The zero-order valence-corrected chi connectivity index (χ0v) is 14.5. The summed E-state index contributed by atoms with van der Waals surface area (Å²) >= 11 is 3.36. The molecular weight excluding hydrogens is 372 g/mol. The Morgan fingerprint density at radius 3 is 2.71 bits per heavy atom. The number of nitrogens with zero attached hydrogens (tertiary/aromatic N) is 2. The zero-order chi connectivity index (χ0) is 16.9. The highest BCUT2D eigenvalue weighted by atomic mass is 79.9. The first-order valence-corrected chi connectivity index (χ1v) is 8.08. The van der Waals surface area contributed by atoms with Gasteiger partial charge in [0.2, 0.25) is 0 Å². The summed E-state index contributed by atoms with van der Waals surface area (Å²) in [7, 11) is 0. The largest absolute Gasteiger partial charge is 0.467 e. The molecule has 0 aliphatic carbocycles. The van der Waals surface area contributed by atoms with E-state index in [9.17, 15) is 4.79 Å². The number of hydrogen-bond donors (Lipinski definition) is 2. The molecule has 0 spiro atoms. The molecule has 0 aliphatic heterocycles. The van der Waals surface area contributed by atoms with Crippen LogP contribution >= 0.6 is 15.9 Å². The molecule has 24 heavy (non-hydrogen) atoms. The van der Waals surface area contributed by atoms with E-state index in [1.807, 2.05) is 36.4 Å². The van der Waals surface area contributed by atoms with Gasteiger partial charge in [0.1, 0.15) is 23.1 Å². The first-order chi connectivity index (χ1) is 11.6. The minimum Gasteiger partial charge on any atom is -0.467 e. The molecule has 7 heteroatoms. The number of aryl methyl sites for hydroxylation is 1. The van der Waals surface area contributed by atoms with E-state index in [0.717, 1.165) is 10.2 Å². The molecule has 1 aromatic carbocycles. The Kier molecular flexibility index (Phi) is 4.90. The van der Waals surface area contributed by atoms with Gasteiger partial charge in [0, 0.05) is 16.2 Å². The molecule has 6 nitrogen and oxygen atoms in total. The predicted molar refractivity (Wildman–Crippen MR) is 94.9 cm³/mol. The van der Waals surface area contributed by atoms with Crippen molar-refractivity contribution in [3.63, 3.8) is 0 Å². The number of hydrogen-bond acceptors (Lipinski definition) is 5. The van der Waals surface area contributed by atoms with Crippen LogP contribution in [0.2, 0.25) is 0 Å². The third-order valence-corrected chi connectivity index (χ3v) is 3.73. The maximum atomic E-state index is 12.4. The summed E-state index contributed by atoms with van der Waals surface area (Å²) in [5, 5.41) is 5.94. The first kappa shape index (κ1) is 16.2. The van der Waals surface area contributed by atoms with Crippen molar-refractivity contribution in [3.8, 4) is 0 Å². The van der Waals surface area contributed by atoms with E-state index in [2.05, 4.69) is 36.5 Å². The van der Waals surface area contributed by atoms with Gasteiger partial charge in [-0.15, -0.1) is 0 Å². The van der Waals surface area contributed by atoms with Crippen molar-refractivity contribution in [3.05, 3.63) is 70.5 Å². The second-order valence-corrected chi connectivity index (χ2v) is 6.00. The molecular formula is C17H15BrN4O2. The quantitative estimate of drug-likeness (QED) is 0.692. The molecule has 1 amide bonds. The van der Waals surface area contributed by atoms with Crippen molar-refractivity contribution in [2.24, 2.45) is 0 Å². The smallest absolute Gasteiger partial charge is 0.274 e. The molecule has 2 N–H and O–H groups in total. The van der Waals surface area contributed by atoms with Crippen molar-refractivity contribution in [1.29, 1.82) is 0 Å². The Morgan fingerprint density at radius 1 is 1.21 bits per heavy atom. The molecule has 0 bridgehead atoms. The number of rotatable bonds is 5. The minimum atomic E-state index is -0.288. The van der Waals surface area contributed by atoms with Crippen LogP contribution in [0.15, 0.2) is 57.6 Å². The molecule has 0 fully saturated rings. The topological polar surface area (TPSA) is 80.0 Å². The highest BCUT2D eigenvalue weighted by Crippen LogP contribution is 2.16. The van der Waals surface area contributed by atoms with E-state index in [1.165, 1.54) is 0 Å². The fourth-order valence-corrected chi connectivity index (χ4v) is 2.36. The molecule has 0 saturated heterocycles. The molecule has 0 saturated carbocycles. The Morgan fingerprint density at radius 2 is 2.00 bits per heavy atom. The average molecular weight is 387 g/mol. The summed E-state index contributed by atoms with van der Waals surface area (Å²) in [5.74, 6) is 1.58. The van der Waals surface area contributed by atoms with Gasteiger partial charge < -0.3 is 15.1 Å². The van der Waals surface area contributed by atoms with E-state index in [1.54, 1.807) is 19.3 Å². The van der Waals surface area contributed by atoms with Gasteiger partial charge in [0.05, 0.1) is 12.8 Å². The number of carbonyl (C=O) groups excluding carboxylic acids is 1. The van der Waals surface area contributed by atoms with Crippen LogP contribution in [0.3, 0.4) is 0 Å². The van der Waals surface area contributed by atoms with E-state index >= 15 is 0 Å². The molecule has 0 atom stereocenters. The van der Waals surface area contributed by atoms with Gasteiger partial charge in [0.25, 0.3) is 5.91 Å². The highest BCUT2D eigenvalue weighted by Gasteiger charge is 2.11. The van der Waals surface area contributed by atoms with Crippen LogP contribution in [-0.2, 0) is 6.54 Å². The molecule has 2 heterocycles. The SMILES string of the molecule is Cc1nc(NCc2ccco2)cc(C(=O)Nc2ccc(Br)cc2)n1. The maximum absolute atomic E-state index is 12.4. The standard InChI is InChI=1S/C17H15BrN4O2/c1-11-20-15(17(23)22-13-6-4-12(18)5-7-13)9-16(21-11)19-10-14-3-2-8-24-14/h2-9H,10H2,1H3,(H,22,23)(H,19,20,21). The average Bonchev–Trinajstić information content (AvgIpc) is 3.08. The van der Waals surface area contributed by atoms with Gasteiger partial charge in [-0.3, -0.25) is 4.79 Å². The van der Waals surface area contributed by atoms with Crippen molar-refractivity contribution in [1.82, 2.24) is 9.97 Å². The van der Waals surface area contributed by atoms with Crippen LogP contribution in [0.5, 0.6) is 0 Å². The fraction of sp³-hybridized carbons (Fsp3) is 0.118. The summed E-state index contributed by atoms with van der Waals surface area (Å²) in [5.41, 5.74) is 0.997. The number of amides is 1. The van der Waals surface area contributed by atoms with E-state index in [-0.39, 0.29) is 5.91 Å². The highest BCUT2D eigenvalue weighted by molar-refractivity contribution is 9.10. The second-order valence-electron chi connectivity index (χ2n) is 5.08. The van der Waals surface area contributed by atoms with Crippen LogP contribution < -0.4 is 10.6 Å². The summed E-state index contributed by atoms with van der Waals surface area (Å²) in [6.45, 7) is 2.23. The van der Waals surface area contributed by atoms with Crippen molar-refractivity contribution < 1.29 is 9.21 Å². The molecule has 0 aliphatic rings. The van der Waals surface area contributed by atoms with Gasteiger partial charge in [-0.25, -0.2) is 9.97 Å². The Balaban J connectivity index is 1.72. The number of anilines is 2. The Labute approximate surface area is 147 Å². The Bertz CT molecular complexity index is 832. The number of nitrogens with one attached hydrogen (secondary N) is 2. The molecule has 0 unspecified atom stereocenters. The number of halogens is 1. The minimum absolute atomic E-state index is 0.288. The lowest BCUT2D eigenvalue weighted by Gasteiger charge is -2.08. The number of aromatic nitrogens is 2. The van der Waals surface area contributed by atoms with Gasteiger partial charge >= 0.3 is 0 Å². The van der Waals surface area contributed by atoms with Crippen molar-refractivity contribution in [2.45, 2.75) is 13.5 Å². The van der Waals surface area contributed by atoms with Crippen LogP contribution in [0.4, 0.5) is 11.5 Å². The second kappa shape index (κ2) is 7.27. The van der Waals surface area contributed by atoms with Gasteiger partial charge in [0.15, 0.2) is 0 Å². The zero-order valence-electron chi connectivity index (χ0n) is 12.9. The lowest BCUT2D eigenvalue weighted by Crippen LogP contribution is -2.15. The van der Waals surface area contributed by atoms with Crippen LogP contribution in [0.1, 0.15) is 22.1 Å². The number of benzene rings is 1. The molecule has 0 radical (unpaired) electrons. The lowest BCUT2D eigenvalue weighted by molar-refractivity contribution is 0.102. The maximum Gasteiger partial charge on any atom is 0.274 e. The van der Waals surface area contributed by atoms with Crippen LogP contribution in [-0.4, -0.2) is 15.9 Å². The molecule has 122 valence electrons. The number of furan rings is 1. The predicted octanol–water partition coefficient (Wildman–Crippen LogP) is 4.00. The van der Waals surface area contributed by atoms with Crippen molar-refractivity contribution >= 4 is 33.3 Å². The summed E-state index contributed by atoms with van der Waals surface area (Å²) in [6.07, 6.45) is 1.61. The third-order valence-electron chi connectivity index (χ3n) is 3.20. The van der Waals surface area contributed by atoms with E-state index in [4.69, 9.17) is 4.42 Å². The van der Waals surface area contributed by atoms with Crippen LogP contribution in [0.25, 0.3) is 0 Å². The fourth-order valence-electron chi connectivity index (χ4n) is 2.09. The monoisotopic (exact) mass is 386 g/mol. The van der Waals surface area contributed by atoms with Crippen molar-refractivity contribution in [2.75, 3.05) is 10.6 Å². The molecule has 2 aromatic heterocycles. The molecule has 3 aromatic rings. The summed E-state index contributed by atoms with van der Waals surface area (Å²) in [6, 6.07) is 12.6. The third kappa shape index (κ3) is 4.20. The van der Waals surface area contributed by atoms with Gasteiger partial charge in [-0.2, -0.15) is 0 Å². The van der Waals surface area contributed by atoms with Crippen LogP contribution in [0, 0.1) is 6.92 Å². The molecule has 3 rings (SSSR count). The van der Waals surface area contributed by atoms with E-state index < -0.39 is 0 Å². The van der Waals surface area contributed by atoms with Gasteiger partial charge in [-0.1, -0.05) is 15.9 Å². The first-order valence-electron chi connectivity index (χ1n) is 7.29. The Hall–Kier alpha value is -2.67. The van der Waals surface area contributed by atoms with Gasteiger partial charge in [-0.05, 0) is 43.3 Å². The summed E-state index contributed by atoms with van der Waals surface area (Å²) < 4.78 is 6.21.